The highest BCUT2D eigenvalue weighted by Gasteiger charge is 2.20. The Morgan fingerprint density at radius 3 is 1.45 bits per heavy atom. The summed E-state index contributed by atoms with van der Waals surface area (Å²) in [6.45, 7) is 0. The summed E-state index contributed by atoms with van der Waals surface area (Å²) in [5, 5.41) is 27.7. The van der Waals surface area contributed by atoms with E-state index in [1.807, 2.05) is 24.3 Å². The zero-order valence-electron chi connectivity index (χ0n) is 26.4. The van der Waals surface area contributed by atoms with Crippen LogP contribution in [0, 0.1) is 22.7 Å². The Bertz CT molecular complexity index is 2740. The van der Waals surface area contributed by atoms with E-state index >= 15 is 0 Å². The second-order valence-electron chi connectivity index (χ2n) is 12.3. The lowest BCUT2D eigenvalue weighted by Gasteiger charge is -2.19. The van der Waals surface area contributed by atoms with Gasteiger partial charge >= 0.3 is 0 Å². The number of hydrogen-bond acceptors (Lipinski definition) is 2. The minimum absolute atomic E-state index is 0.560. The summed E-state index contributed by atoms with van der Waals surface area (Å²) in [6, 6.07) is 61.2. The molecular weight excluding hydrogens is 595 g/mol. The predicted octanol–water partition coefficient (Wildman–Crippen LogP) is 11.8. The average molecular weight is 622 g/mol. The van der Waals surface area contributed by atoms with Crippen molar-refractivity contribution in [3.05, 3.63) is 175 Å². The van der Waals surface area contributed by atoms with Gasteiger partial charge in [-0.15, -0.1) is 0 Å². The first-order valence-electron chi connectivity index (χ1n) is 16.3. The van der Waals surface area contributed by atoms with Crippen molar-refractivity contribution in [2.75, 3.05) is 0 Å². The Balaban J connectivity index is 1.27. The number of fused-ring (bicyclic) bond motifs is 5. The molecule has 226 valence electrons. The molecular formula is C46H27N3. The highest BCUT2D eigenvalue weighted by Crippen LogP contribution is 2.45. The molecule has 0 atom stereocenters. The van der Waals surface area contributed by atoms with Crippen LogP contribution in [-0.4, -0.2) is 4.57 Å². The van der Waals surface area contributed by atoms with Gasteiger partial charge in [0, 0.05) is 27.6 Å². The van der Waals surface area contributed by atoms with Crippen LogP contribution in [0.4, 0.5) is 0 Å². The van der Waals surface area contributed by atoms with E-state index in [0.29, 0.717) is 11.1 Å². The number of para-hydroxylation sites is 2. The Labute approximate surface area is 283 Å². The second-order valence-corrected chi connectivity index (χ2v) is 12.3. The van der Waals surface area contributed by atoms with Crippen LogP contribution in [-0.2, 0) is 0 Å². The fourth-order valence-corrected chi connectivity index (χ4v) is 7.57. The summed E-state index contributed by atoms with van der Waals surface area (Å²) in [7, 11) is 0. The van der Waals surface area contributed by atoms with Crippen molar-refractivity contribution in [3.8, 4) is 51.2 Å². The highest BCUT2D eigenvalue weighted by molar-refractivity contribution is 6.21. The summed E-state index contributed by atoms with van der Waals surface area (Å²) < 4.78 is 2.25. The molecule has 0 amide bonds. The molecule has 0 saturated carbocycles. The first-order chi connectivity index (χ1) is 24.2. The van der Waals surface area contributed by atoms with E-state index in [9.17, 15) is 10.5 Å². The molecule has 3 nitrogen and oxygen atoms in total. The third-order valence-electron chi connectivity index (χ3n) is 9.68. The third kappa shape index (κ3) is 4.42. The molecule has 0 aliphatic heterocycles. The van der Waals surface area contributed by atoms with E-state index in [4.69, 9.17) is 0 Å². The molecule has 49 heavy (non-hydrogen) atoms. The highest BCUT2D eigenvalue weighted by atomic mass is 15.0. The molecule has 1 heterocycles. The van der Waals surface area contributed by atoms with E-state index in [0.717, 1.165) is 66.1 Å². The van der Waals surface area contributed by atoms with Crippen LogP contribution in [0.1, 0.15) is 11.1 Å². The molecule has 9 aromatic rings. The molecule has 0 aliphatic rings. The maximum atomic E-state index is 10.7. The van der Waals surface area contributed by atoms with Crippen molar-refractivity contribution in [1.29, 1.82) is 10.5 Å². The van der Waals surface area contributed by atoms with Gasteiger partial charge < -0.3 is 4.57 Å². The number of nitriles is 2. The molecule has 0 radical (unpaired) electrons. The van der Waals surface area contributed by atoms with E-state index in [1.165, 1.54) is 16.3 Å². The second kappa shape index (κ2) is 11.4. The van der Waals surface area contributed by atoms with E-state index in [1.54, 1.807) is 0 Å². The van der Waals surface area contributed by atoms with Crippen molar-refractivity contribution in [1.82, 2.24) is 4.57 Å². The first-order valence-corrected chi connectivity index (χ1v) is 16.3. The number of rotatable bonds is 4. The van der Waals surface area contributed by atoms with Crippen LogP contribution in [0.15, 0.2) is 164 Å². The van der Waals surface area contributed by atoms with Gasteiger partial charge in [-0.05, 0) is 80.2 Å². The summed E-state index contributed by atoms with van der Waals surface area (Å²) >= 11 is 0. The Kier molecular flexibility index (Phi) is 6.58. The van der Waals surface area contributed by atoms with Crippen LogP contribution in [0.25, 0.3) is 82.4 Å². The van der Waals surface area contributed by atoms with Crippen molar-refractivity contribution in [2.24, 2.45) is 0 Å². The maximum absolute atomic E-state index is 10.7. The first kappa shape index (κ1) is 28.3. The number of hydrogen-bond donors (Lipinski definition) is 0. The molecule has 0 spiro atoms. The lowest BCUT2D eigenvalue weighted by atomic mass is 9.84. The summed E-state index contributed by atoms with van der Waals surface area (Å²) in [5.74, 6) is 0. The smallest absolute Gasteiger partial charge is 0.0998 e. The van der Waals surface area contributed by atoms with Crippen molar-refractivity contribution in [2.45, 2.75) is 0 Å². The van der Waals surface area contributed by atoms with Crippen molar-refractivity contribution < 1.29 is 0 Å². The SMILES string of the molecule is N#Cc1ccc(-n2c3ccccc3c3ccccc32)cc1-c1ccc(-c2c3ccccc3c(-c3ccccc3)c3ccccc23)c(C#N)c1. The van der Waals surface area contributed by atoms with Crippen LogP contribution in [0.3, 0.4) is 0 Å². The quantitative estimate of drug-likeness (QED) is 0.184. The molecule has 0 fully saturated rings. The van der Waals surface area contributed by atoms with Gasteiger partial charge in [-0.3, -0.25) is 0 Å². The molecule has 8 aromatic carbocycles. The van der Waals surface area contributed by atoms with Gasteiger partial charge in [0.2, 0.25) is 0 Å². The topological polar surface area (TPSA) is 52.5 Å². The van der Waals surface area contributed by atoms with Gasteiger partial charge in [-0.2, -0.15) is 10.5 Å². The van der Waals surface area contributed by atoms with Crippen LogP contribution in [0.5, 0.6) is 0 Å². The van der Waals surface area contributed by atoms with Crippen LogP contribution in [0.2, 0.25) is 0 Å². The maximum Gasteiger partial charge on any atom is 0.0998 e. The van der Waals surface area contributed by atoms with Crippen molar-refractivity contribution >= 4 is 43.4 Å². The standard InChI is InChI=1S/C46H27N3/c47-28-32-22-24-34(49-43-20-10-8-14-36(43)37-15-9-11-21-44(37)49)27-42(32)31-23-25-35(33(26-31)29-48)46-40-18-6-4-16-38(40)45(30-12-2-1-3-13-30)39-17-5-7-19-41(39)46/h1-27H. The molecule has 0 unspecified atom stereocenters. The molecule has 0 aliphatic carbocycles. The van der Waals surface area contributed by atoms with Gasteiger partial charge in [-0.25, -0.2) is 0 Å². The van der Waals surface area contributed by atoms with Crippen LogP contribution >= 0.6 is 0 Å². The molecule has 1 aromatic heterocycles. The van der Waals surface area contributed by atoms with Gasteiger partial charge in [0.05, 0.1) is 34.3 Å². The fourth-order valence-electron chi connectivity index (χ4n) is 7.57. The van der Waals surface area contributed by atoms with Gasteiger partial charge in [0.15, 0.2) is 0 Å². The molecule has 0 N–H and O–H groups in total. The number of benzene rings is 8. The minimum atomic E-state index is 0.560. The lowest BCUT2D eigenvalue weighted by molar-refractivity contribution is 1.18. The Morgan fingerprint density at radius 1 is 0.367 bits per heavy atom. The number of aromatic nitrogens is 1. The summed E-state index contributed by atoms with van der Waals surface area (Å²) in [5.41, 5.74) is 10.2. The third-order valence-corrected chi connectivity index (χ3v) is 9.68. The predicted molar refractivity (Wildman–Crippen MR) is 202 cm³/mol. The van der Waals surface area contributed by atoms with E-state index in [-0.39, 0.29) is 0 Å². The fraction of sp³-hybridized carbons (Fsp3) is 0. The molecule has 3 heteroatoms. The van der Waals surface area contributed by atoms with Gasteiger partial charge in [-0.1, -0.05) is 127 Å². The van der Waals surface area contributed by atoms with Gasteiger partial charge in [0.1, 0.15) is 0 Å². The largest absolute Gasteiger partial charge is 0.309 e. The van der Waals surface area contributed by atoms with Crippen LogP contribution < -0.4 is 0 Å². The Morgan fingerprint density at radius 2 is 0.878 bits per heavy atom. The van der Waals surface area contributed by atoms with E-state index in [2.05, 4.69) is 156 Å². The number of nitrogens with zero attached hydrogens (tertiary/aromatic N) is 3. The molecule has 0 bridgehead atoms. The zero-order chi connectivity index (χ0) is 32.9. The monoisotopic (exact) mass is 621 g/mol. The average Bonchev–Trinajstić information content (AvgIpc) is 3.51. The lowest BCUT2D eigenvalue weighted by Crippen LogP contribution is -1.97. The molecule has 0 saturated heterocycles. The molecule has 9 rings (SSSR count). The Hall–Kier alpha value is -6.94. The van der Waals surface area contributed by atoms with Crippen molar-refractivity contribution in [3.63, 3.8) is 0 Å². The zero-order valence-corrected chi connectivity index (χ0v) is 26.4. The summed E-state index contributed by atoms with van der Waals surface area (Å²) in [4.78, 5) is 0. The minimum Gasteiger partial charge on any atom is -0.309 e. The normalized spacial score (nSPS) is 11.2. The van der Waals surface area contributed by atoms with E-state index < -0.39 is 0 Å². The summed E-state index contributed by atoms with van der Waals surface area (Å²) in [6.07, 6.45) is 0. The van der Waals surface area contributed by atoms with Gasteiger partial charge in [0.25, 0.3) is 0 Å².